The highest BCUT2D eigenvalue weighted by molar-refractivity contribution is 7.93. The smallest absolute Gasteiger partial charge is 0.332 e. The molecule has 2 aromatic rings. The van der Waals surface area contributed by atoms with Crippen LogP contribution in [0.3, 0.4) is 0 Å². The molecule has 0 aliphatic carbocycles. The van der Waals surface area contributed by atoms with Crippen LogP contribution in [0.1, 0.15) is 22.3 Å². The molecule has 2 heterocycles. The summed E-state index contributed by atoms with van der Waals surface area (Å²) in [6, 6.07) is 9.69. The molecule has 0 spiro atoms. The van der Waals surface area contributed by atoms with Crippen LogP contribution < -0.4 is 10.6 Å². The molecule has 2 saturated heterocycles. The average molecular weight is 488 g/mol. The van der Waals surface area contributed by atoms with Gasteiger partial charge in [-0.15, -0.1) is 0 Å². The Balaban J connectivity index is 1.80. The van der Waals surface area contributed by atoms with Gasteiger partial charge >= 0.3 is 6.18 Å². The van der Waals surface area contributed by atoms with E-state index in [1.807, 2.05) is 4.90 Å². The molecule has 0 aromatic heterocycles. The van der Waals surface area contributed by atoms with Gasteiger partial charge in [0, 0.05) is 49.2 Å². The molecular weight excluding hydrogens is 467 g/mol. The molecule has 0 bridgehead atoms. The summed E-state index contributed by atoms with van der Waals surface area (Å²) < 4.78 is 68.6. The Kier molecular flexibility index (Phi) is 6.00. The van der Waals surface area contributed by atoms with E-state index in [-0.39, 0.29) is 24.6 Å². The predicted octanol–water partition coefficient (Wildman–Crippen LogP) is 2.94. The van der Waals surface area contributed by atoms with Crippen molar-refractivity contribution < 1.29 is 26.4 Å². The topological polar surface area (TPSA) is 78.5 Å². The Morgan fingerprint density at radius 2 is 1.84 bits per heavy atom. The van der Waals surface area contributed by atoms with E-state index in [9.17, 15) is 26.4 Å². The van der Waals surface area contributed by atoms with Crippen molar-refractivity contribution in [2.75, 3.05) is 26.2 Å². The number of halogens is 4. The first kappa shape index (κ1) is 23.0. The lowest BCUT2D eigenvalue weighted by Gasteiger charge is -2.31. The molecule has 2 fully saturated rings. The Hall–Kier alpha value is -2.14. The zero-order valence-corrected chi connectivity index (χ0v) is 18.4. The number of hydrogen-bond acceptors (Lipinski definition) is 5. The Morgan fingerprint density at radius 1 is 1.16 bits per heavy atom. The van der Waals surface area contributed by atoms with Crippen molar-refractivity contribution >= 4 is 27.3 Å². The fourth-order valence-electron chi connectivity index (χ4n) is 4.36. The van der Waals surface area contributed by atoms with Crippen LogP contribution in [0, 0.1) is 0 Å². The number of amides is 1. The summed E-state index contributed by atoms with van der Waals surface area (Å²) in [7, 11) is -4.63. The van der Waals surface area contributed by atoms with E-state index in [2.05, 4.69) is 10.6 Å². The summed E-state index contributed by atoms with van der Waals surface area (Å²) in [4.78, 5) is 12.2. The van der Waals surface area contributed by atoms with Crippen LogP contribution in [-0.4, -0.2) is 56.3 Å². The van der Waals surface area contributed by atoms with E-state index >= 15 is 0 Å². The number of alkyl halides is 3. The number of nitrogens with zero attached hydrogens (tertiary/aromatic N) is 1. The zero-order valence-electron chi connectivity index (χ0n) is 16.8. The number of hydrogen-bond donors (Lipinski definition) is 2. The van der Waals surface area contributed by atoms with Crippen LogP contribution in [0.2, 0.25) is 5.02 Å². The molecule has 2 N–H and O–H groups in total. The maximum absolute atomic E-state index is 13.8. The van der Waals surface area contributed by atoms with Crippen LogP contribution in [0.15, 0.2) is 53.4 Å². The van der Waals surface area contributed by atoms with Crippen molar-refractivity contribution in [3.05, 3.63) is 64.7 Å². The Labute approximate surface area is 188 Å². The van der Waals surface area contributed by atoms with Gasteiger partial charge in [-0.3, -0.25) is 9.69 Å². The summed E-state index contributed by atoms with van der Waals surface area (Å²) in [5, 5.41) is 6.16. The highest BCUT2D eigenvalue weighted by Crippen LogP contribution is 2.41. The largest absolute Gasteiger partial charge is 0.417 e. The first-order valence-electron chi connectivity index (χ1n) is 9.97. The predicted molar refractivity (Wildman–Crippen MR) is 113 cm³/mol. The summed E-state index contributed by atoms with van der Waals surface area (Å²) >= 11 is 5.86. The molecular formula is C21H21ClF3N3O3S. The molecule has 32 heavy (non-hydrogen) atoms. The van der Waals surface area contributed by atoms with Crippen LogP contribution in [0.25, 0.3) is 0 Å². The molecule has 6 nitrogen and oxygen atoms in total. The van der Waals surface area contributed by atoms with Gasteiger partial charge in [0.15, 0.2) is 4.87 Å². The number of carbonyl (C=O) groups excluding carboxylic acids is 1. The van der Waals surface area contributed by atoms with Gasteiger partial charge in [0.05, 0.1) is 10.5 Å². The van der Waals surface area contributed by atoms with Gasteiger partial charge < -0.3 is 10.6 Å². The van der Waals surface area contributed by atoms with Gasteiger partial charge in [-0.25, -0.2) is 8.42 Å². The number of fused-ring (bicyclic) bond motifs is 1. The first-order valence-corrected chi connectivity index (χ1v) is 11.8. The van der Waals surface area contributed by atoms with Crippen LogP contribution in [0.4, 0.5) is 13.2 Å². The molecule has 2 aliphatic heterocycles. The molecule has 0 saturated carbocycles. The van der Waals surface area contributed by atoms with E-state index in [0.29, 0.717) is 24.7 Å². The highest BCUT2D eigenvalue weighted by Gasteiger charge is 2.56. The third-order valence-electron chi connectivity index (χ3n) is 5.94. The monoisotopic (exact) mass is 487 g/mol. The third kappa shape index (κ3) is 4.12. The average Bonchev–Trinajstić information content (AvgIpc) is 3.13. The minimum atomic E-state index is -4.86. The van der Waals surface area contributed by atoms with Crippen molar-refractivity contribution in [1.82, 2.24) is 15.5 Å². The van der Waals surface area contributed by atoms with E-state index < -0.39 is 37.3 Å². The summed E-state index contributed by atoms with van der Waals surface area (Å²) in [5.74, 6) is -0.692. The molecule has 11 heteroatoms. The second-order valence-electron chi connectivity index (χ2n) is 7.99. The maximum Gasteiger partial charge on any atom is 0.417 e. The summed E-state index contributed by atoms with van der Waals surface area (Å²) in [6.07, 6.45) is -4.90. The SMILES string of the molecule is O=C(N[C@]1(S(=O)(=O)c2ccccc2C(F)(F)F)C[C@H]2CNCCN2C1)c1ccc(Cl)cc1. The second-order valence-corrected chi connectivity index (χ2v) is 10.6. The minimum Gasteiger partial charge on any atom is -0.332 e. The van der Waals surface area contributed by atoms with Crippen molar-refractivity contribution in [1.29, 1.82) is 0 Å². The minimum absolute atomic E-state index is 0.0339. The number of nitrogens with one attached hydrogen (secondary N) is 2. The molecule has 1 amide bonds. The summed E-state index contributed by atoms with van der Waals surface area (Å²) in [5.41, 5.74) is -1.08. The first-order chi connectivity index (χ1) is 15.0. The van der Waals surface area contributed by atoms with Gasteiger partial charge in [0.2, 0.25) is 9.84 Å². The number of benzene rings is 2. The van der Waals surface area contributed by atoms with Crippen molar-refractivity contribution in [3.63, 3.8) is 0 Å². The van der Waals surface area contributed by atoms with Gasteiger partial charge in [-0.1, -0.05) is 23.7 Å². The fourth-order valence-corrected chi connectivity index (χ4v) is 6.62. The van der Waals surface area contributed by atoms with Gasteiger partial charge in [-0.2, -0.15) is 13.2 Å². The number of piperazine rings is 1. The van der Waals surface area contributed by atoms with E-state index in [1.54, 1.807) is 0 Å². The third-order valence-corrected chi connectivity index (χ3v) is 8.55. The number of rotatable bonds is 4. The lowest BCUT2D eigenvalue weighted by Crippen LogP contribution is -2.56. The van der Waals surface area contributed by atoms with Crippen LogP contribution >= 0.6 is 11.6 Å². The molecule has 0 unspecified atom stereocenters. The molecule has 2 aliphatic rings. The molecule has 4 rings (SSSR count). The second kappa shape index (κ2) is 8.33. The van der Waals surface area contributed by atoms with E-state index in [4.69, 9.17) is 11.6 Å². The summed E-state index contributed by atoms with van der Waals surface area (Å²) in [6.45, 7) is 1.53. The maximum atomic E-state index is 13.8. The van der Waals surface area contributed by atoms with Crippen molar-refractivity contribution in [2.45, 2.75) is 28.4 Å². The lowest BCUT2D eigenvalue weighted by molar-refractivity contribution is -0.139. The Bertz CT molecular complexity index is 1110. The van der Waals surface area contributed by atoms with Crippen molar-refractivity contribution in [3.8, 4) is 0 Å². The van der Waals surface area contributed by atoms with Gasteiger partial charge in [0.1, 0.15) is 0 Å². The van der Waals surface area contributed by atoms with Crippen LogP contribution in [0.5, 0.6) is 0 Å². The lowest BCUT2D eigenvalue weighted by atomic mass is 10.1. The fraction of sp³-hybridized carbons (Fsp3) is 0.381. The van der Waals surface area contributed by atoms with E-state index in [0.717, 1.165) is 18.2 Å². The quantitative estimate of drug-likeness (QED) is 0.693. The van der Waals surface area contributed by atoms with Crippen LogP contribution in [-0.2, 0) is 16.0 Å². The van der Waals surface area contributed by atoms with Crippen molar-refractivity contribution in [2.24, 2.45) is 0 Å². The molecule has 2 aromatic carbocycles. The zero-order chi connectivity index (χ0) is 23.1. The van der Waals surface area contributed by atoms with Gasteiger partial charge in [0.25, 0.3) is 5.91 Å². The highest BCUT2D eigenvalue weighted by atomic mass is 35.5. The number of carbonyl (C=O) groups is 1. The normalized spacial score (nSPS) is 24.2. The molecule has 2 atom stereocenters. The number of sulfone groups is 1. The standard InChI is InChI=1S/C21H21ClF3N3O3S/c22-15-7-5-14(6-8-15)19(29)27-20(11-16-12-26-9-10-28(16)13-20)32(30,31)18-4-2-1-3-17(18)21(23,24)25/h1-8,16,26H,9-13H2,(H,27,29)/t16-,20-/m0/s1. The Morgan fingerprint density at radius 3 is 2.50 bits per heavy atom. The molecule has 0 radical (unpaired) electrons. The molecule has 172 valence electrons. The van der Waals surface area contributed by atoms with E-state index in [1.165, 1.54) is 30.3 Å². The van der Waals surface area contributed by atoms with Gasteiger partial charge in [-0.05, 0) is 36.4 Å².